The van der Waals surface area contributed by atoms with Gasteiger partial charge in [-0.05, 0) is 36.8 Å². The van der Waals surface area contributed by atoms with Crippen molar-refractivity contribution in [3.63, 3.8) is 0 Å². The zero-order valence-corrected chi connectivity index (χ0v) is 17.5. The summed E-state index contributed by atoms with van der Waals surface area (Å²) < 4.78 is 11.1. The molecule has 1 aliphatic rings. The van der Waals surface area contributed by atoms with Crippen LogP contribution in [0.2, 0.25) is 0 Å². The summed E-state index contributed by atoms with van der Waals surface area (Å²) >= 11 is 0. The molecule has 4 rings (SSSR count). The van der Waals surface area contributed by atoms with E-state index < -0.39 is 18.5 Å². The van der Waals surface area contributed by atoms with Crippen LogP contribution in [0.25, 0.3) is 0 Å². The van der Waals surface area contributed by atoms with Crippen LogP contribution in [-0.2, 0) is 20.9 Å². The summed E-state index contributed by atoms with van der Waals surface area (Å²) in [7, 11) is 0. The normalized spacial score (nSPS) is 12.5. The Bertz CT molecular complexity index is 1170. The molecular formula is C25H22N2O5. The minimum absolute atomic E-state index is 0.135. The van der Waals surface area contributed by atoms with Gasteiger partial charge in [-0.1, -0.05) is 54.1 Å². The zero-order chi connectivity index (χ0) is 22.5. The van der Waals surface area contributed by atoms with Gasteiger partial charge in [0.1, 0.15) is 24.5 Å². The highest BCUT2D eigenvalue weighted by atomic mass is 16.5. The Morgan fingerprint density at radius 2 is 1.78 bits per heavy atom. The summed E-state index contributed by atoms with van der Waals surface area (Å²) in [5.41, 5.74) is 3.42. The number of benzene rings is 3. The average Bonchev–Trinajstić information content (AvgIpc) is 2.80. The molecule has 32 heavy (non-hydrogen) atoms. The van der Waals surface area contributed by atoms with Gasteiger partial charge in [0.15, 0.2) is 6.61 Å². The van der Waals surface area contributed by atoms with Crippen LogP contribution < -0.4 is 15.0 Å². The van der Waals surface area contributed by atoms with Gasteiger partial charge >= 0.3 is 5.97 Å². The van der Waals surface area contributed by atoms with Gasteiger partial charge in [0.25, 0.3) is 5.91 Å². The van der Waals surface area contributed by atoms with E-state index in [1.807, 2.05) is 31.2 Å². The van der Waals surface area contributed by atoms with Crippen LogP contribution in [0.4, 0.5) is 11.4 Å². The summed E-state index contributed by atoms with van der Waals surface area (Å²) in [5, 5.41) is 2.72. The molecule has 1 heterocycles. The number of aryl methyl sites for hydroxylation is 1. The minimum atomic E-state index is -0.673. The molecule has 1 aliphatic heterocycles. The number of carbonyl (C=O) groups excluding carboxylic acids is 3. The van der Waals surface area contributed by atoms with Gasteiger partial charge in [0.2, 0.25) is 5.91 Å². The van der Waals surface area contributed by atoms with Crippen molar-refractivity contribution >= 4 is 29.2 Å². The molecule has 0 aromatic heterocycles. The van der Waals surface area contributed by atoms with Gasteiger partial charge in [-0.25, -0.2) is 4.79 Å². The molecule has 3 aromatic rings. The molecule has 0 saturated heterocycles. The standard InChI is InChI=1S/C25H22N2O5/c1-17-7-6-8-18(13-17)15-31-22-12-5-2-9-19(22)25(30)32-16-24(29)27-14-23(28)26-20-10-3-4-11-21(20)27/h2-13H,14-16H2,1H3,(H,26,28). The maximum atomic E-state index is 12.7. The summed E-state index contributed by atoms with van der Waals surface area (Å²) in [5.74, 6) is -1.10. The number of rotatable bonds is 6. The molecule has 0 unspecified atom stereocenters. The SMILES string of the molecule is Cc1cccc(COc2ccccc2C(=O)OCC(=O)N2CC(=O)Nc3ccccc32)c1. The number of anilines is 2. The highest BCUT2D eigenvalue weighted by Crippen LogP contribution is 2.29. The Kier molecular flexibility index (Phi) is 6.17. The summed E-state index contributed by atoms with van der Waals surface area (Å²) in [6, 6.07) is 21.6. The zero-order valence-electron chi connectivity index (χ0n) is 17.5. The third kappa shape index (κ3) is 4.78. The number of ether oxygens (including phenoxy) is 2. The van der Waals surface area contributed by atoms with E-state index in [0.29, 0.717) is 23.7 Å². The number of hydrogen-bond donors (Lipinski definition) is 1. The summed E-state index contributed by atoms with van der Waals surface area (Å²) in [6.45, 7) is 1.66. The first-order chi connectivity index (χ1) is 15.5. The Balaban J connectivity index is 1.41. The predicted molar refractivity (Wildman–Crippen MR) is 120 cm³/mol. The van der Waals surface area contributed by atoms with Crippen LogP contribution in [0, 0.1) is 6.92 Å². The van der Waals surface area contributed by atoms with Gasteiger partial charge < -0.3 is 14.8 Å². The molecule has 7 nitrogen and oxygen atoms in total. The second-order valence-electron chi connectivity index (χ2n) is 7.40. The molecule has 0 aliphatic carbocycles. The highest BCUT2D eigenvalue weighted by molar-refractivity contribution is 6.10. The third-order valence-electron chi connectivity index (χ3n) is 4.98. The Labute approximate surface area is 185 Å². The van der Waals surface area contributed by atoms with Crippen molar-refractivity contribution in [1.29, 1.82) is 0 Å². The fraction of sp³-hybridized carbons (Fsp3) is 0.160. The van der Waals surface area contributed by atoms with Crippen molar-refractivity contribution < 1.29 is 23.9 Å². The van der Waals surface area contributed by atoms with E-state index >= 15 is 0 Å². The van der Waals surface area contributed by atoms with E-state index in [2.05, 4.69) is 5.32 Å². The lowest BCUT2D eigenvalue weighted by Gasteiger charge is -2.28. The first kappa shape index (κ1) is 21.1. The first-order valence-corrected chi connectivity index (χ1v) is 10.1. The fourth-order valence-corrected chi connectivity index (χ4v) is 3.46. The van der Waals surface area contributed by atoms with Gasteiger partial charge in [-0.2, -0.15) is 0 Å². The summed E-state index contributed by atoms with van der Waals surface area (Å²) in [4.78, 5) is 38.6. The van der Waals surface area contributed by atoms with E-state index in [9.17, 15) is 14.4 Å². The van der Waals surface area contributed by atoms with E-state index in [4.69, 9.17) is 9.47 Å². The van der Waals surface area contributed by atoms with Crippen LogP contribution in [0.15, 0.2) is 72.8 Å². The molecule has 1 N–H and O–H groups in total. The van der Waals surface area contributed by atoms with Gasteiger partial charge in [-0.3, -0.25) is 14.5 Å². The van der Waals surface area contributed by atoms with Gasteiger partial charge in [-0.15, -0.1) is 0 Å². The van der Waals surface area contributed by atoms with E-state index in [0.717, 1.165) is 11.1 Å². The number of nitrogens with one attached hydrogen (secondary N) is 1. The molecule has 2 amide bonds. The van der Waals surface area contributed by atoms with Gasteiger partial charge in [0, 0.05) is 0 Å². The number of esters is 1. The maximum Gasteiger partial charge on any atom is 0.342 e. The van der Waals surface area contributed by atoms with Crippen LogP contribution in [0.1, 0.15) is 21.5 Å². The van der Waals surface area contributed by atoms with Crippen LogP contribution in [0.5, 0.6) is 5.75 Å². The van der Waals surface area contributed by atoms with Crippen molar-refractivity contribution in [2.45, 2.75) is 13.5 Å². The molecule has 0 atom stereocenters. The predicted octanol–water partition coefficient (Wildman–Crippen LogP) is 3.72. The fourth-order valence-electron chi connectivity index (χ4n) is 3.46. The lowest BCUT2D eigenvalue weighted by molar-refractivity contribution is -0.124. The number of carbonyl (C=O) groups is 3. The molecule has 0 bridgehead atoms. The smallest absolute Gasteiger partial charge is 0.342 e. The molecule has 162 valence electrons. The van der Waals surface area contributed by atoms with Crippen LogP contribution in [0.3, 0.4) is 0 Å². The monoisotopic (exact) mass is 430 g/mol. The second kappa shape index (κ2) is 9.34. The topological polar surface area (TPSA) is 84.9 Å². The molecule has 0 radical (unpaired) electrons. The lowest BCUT2D eigenvalue weighted by Crippen LogP contribution is -2.44. The Hall–Kier alpha value is -4.13. The molecule has 0 fully saturated rings. The molecular weight excluding hydrogens is 408 g/mol. The molecule has 3 aromatic carbocycles. The Morgan fingerprint density at radius 3 is 2.62 bits per heavy atom. The first-order valence-electron chi connectivity index (χ1n) is 10.1. The molecule has 7 heteroatoms. The van der Waals surface area contributed by atoms with Gasteiger partial charge in [0.05, 0.1) is 11.4 Å². The van der Waals surface area contributed by atoms with Crippen molar-refractivity contribution in [1.82, 2.24) is 0 Å². The van der Waals surface area contributed by atoms with Crippen LogP contribution >= 0.6 is 0 Å². The Morgan fingerprint density at radius 1 is 1.00 bits per heavy atom. The minimum Gasteiger partial charge on any atom is -0.488 e. The van der Waals surface area contributed by atoms with Crippen molar-refractivity contribution in [3.8, 4) is 5.75 Å². The largest absolute Gasteiger partial charge is 0.488 e. The number of para-hydroxylation sites is 3. The number of nitrogens with zero attached hydrogens (tertiary/aromatic N) is 1. The van der Waals surface area contributed by atoms with E-state index in [1.54, 1.807) is 48.5 Å². The third-order valence-corrected chi connectivity index (χ3v) is 4.98. The van der Waals surface area contributed by atoms with Crippen molar-refractivity contribution in [2.24, 2.45) is 0 Å². The average molecular weight is 430 g/mol. The number of fused-ring (bicyclic) bond motifs is 1. The number of amides is 2. The molecule has 0 saturated carbocycles. The highest BCUT2D eigenvalue weighted by Gasteiger charge is 2.27. The van der Waals surface area contributed by atoms with Crippen LogP contribution in [-0.4, -0.2) is 30.9 Å². The number of hydrogen-bond acceptors (Lipinski definition) is 5. The summed E-state index contributed by atoms with van der Waals surface area (Å²) in [6.07, 6.45) is 0. The second-order valence-corrected chi connectivity index (χ2v) is 7.40. The van der Waals surface area contributed by atoms with Crippen molar-refractivity contribution in [2.75, 3.05) is 23.4 Å². The van der Waals surface area contributed by atoms with E-state index in [1.165, 1.54) is 4.90 Å². The maximum absolute atomic E-state index is 12.7. The lowest BCUT2D eigenvalue weighted by atomic mass is 10.1. The molecule has 0 spiro atoms. The van der Waals surface area contributed by atoms with E-state index in [-0.39, 0.29) is 18.0 Å². The van der Waals surface area contributed by atoms with Crippen molar-refractivity contribution in [3.05, 3.63) is 89.5 Å². The quantitative estimate of drug-likeness (QED) is 0.603.